The largest absolute Gasteiger partial charge is 0.385 e. The van der Waals surface area contributed by atoms with Crippen LogP contribution in [0, 0.1) is 13.8 Å². The molecule has 3 aromatic rings. The highest BCUT2D eigenvalue weighted by Crippen LogP contribution is 2.22. The van der Waals surface area contributed by atoms with Crippen LogP contribution in [-0.2, 0) is 24.8 Å². The molecule has 9 heteroatoms. The van der Waals surface area contributed by atoms with E-state index in [-0.39, 0.29) is 24.0 Å². The quantitative estimate of drug-likeness (QED) is 0.173. The number of aliphatic imine (C=N–C) groups is 1. The van der Waals surface area contributed by atoms with Crippen molar-refractivity contribution in [3.63, 3.8) is 0 Å². The second kappa shape index (κ2) is 11.9. The molecule has 1 aromatic carbocycles. The van der Waals surface area contributed by atoms with Gasteiger partial charge in [0.15, 0.2) is 11.8 Å². The minimum absolute atomic E-state index is 0. The van der Waals surface area contributed by atoms with Crippen molar-refractivity contribution >= 4 is 40.8 Å². The zero-order chi connectivity index (χ0) is 20.6. The minimum atomic E-state index is 0. The summed E-state index contributed by atoms with van der Waals surface area (Å²) >= 11 is 0. The summed E-state index contributed by atoms with van der Waals surface area (Å²) in [5.41, 5.74) is 3.79. The highest BCUT2D eigenvalue weighted by molar-refractivity contribution is 14.0. The zero-order valence-electron chi connectivity index (χ0n) is 18.2. The van der Waals surface area contributed by atoms with Crippen molar-refractivity contribution in [2.75, 3.05) is 26.8 Å². The molecule has 0 saturated carbocycles. The summed E-state index contributed by atoms with van der Waals surface area (Å²) in [7, 11) is 3.67. The van der Waals surface area contributed by atoms with Crippen LogP contribution in [0.25, 0.3) is 10.9 Å². The topological polar surface area (TPSA) is 92.2 Å². The predicted molar refractivity (Wildman–Crippen MR) is 132 cm³/mol. The molecule has 0 saturated heterocycles. The van der Waals surface area contributed by atoms with Crippen molar-refractivity contribution in [3.8, 4) is 0 Å². The van der Waals surface area contributed by atoms with Gasteiger partial charge in [-0.1, -0.05) is 12.1 Å². The molecule has 0 unspecified atom stereocenters. The van der Waals surface area contributed by atoms with Gasteiger partial charge < -0.3 is 24.9 Å². The summed E-state index contributed by atoms with van der Waals surface area (Å²) in [6, 6.07) is 6.35. The average molecular weight is 525 g/mol. The van der Waals surface area contributed by atoms with E-state index < -0.39 is 0 Å². The molecule has 0 atom stereocenters. The maximum Gasteiger partial charge on any atom is 0.191 e. The third kappa shape index (κ3) is 6.18. The molecule has 164 valence electrons. The molecule has 30 heavy (non-hydrogen) atoms. The molecule has 8 nitrogen and oxygen atoms in total. The lowest BCUT2D eigenvalue weighted by atomic mass is 10.1. The fourth-order valence-corrected chi connectivity index (χ4v) is 3.30. The number of rotatable bonds is 9. The monoisotopic (exact) mass is 525 g/mol. The lowest BCUT2D eigenvalue weighted by molar-refractivity contribution is 0.195. The Balaban J connectivity index is 0.00000320. The summed E-state index contributed by atoms with van der Waals surface area (Å²) in [5, 5.41) is 16.4. The molecular formula is C21H32IN7O. The van der Waals surface area contributed by atoms with Crippen molar-refractivity contribution in [1.82, 2.24) is 30.4 Å². The van der Waals surface area contributed by atoms with E-state index in [9.17, 15) is 0 Å². The summed E-state index contributed by atoms with van der Waals surface area (Å²) in [5.74, 6) is 2.50. The van der Waals surface area contributed by atoms with Gasteiger partial charge in [-0.2, -0.15) is 0 Å². The maximum atomic E-state index is 5.13. The SMILES string of the molecule is COCCCNC(=NCc1nnc(C)n1C)NCCc1c[nH]c2cccc(C)c12.I. The van der Waals surface area contributed by atoms with Crippen LogP contribution in [0.1, 0.15) is 29.2 Å². The molecule has 3 N–H and O–H groups in total. The average Bonchev–Trinajstić information content (AvgIpc) is 3.27. The van der Waals surface area contributed by atoms with Crippen molar-refractivity contribution in [2.45, 2.75) is 33.2 Å². The first-order valence-electron chi connectivity index (χ1n) is 10.0. The molecule has 2 aromatic heterocycles. The van der Waals surface area contributed by atoms with Gasteiger partial charge in [-0.15, -0.1) is 34.2 Å². The lowest BCUT2D eigenvalue weighted by Crippen LogP contribution is -2.39. The molecule has 0 radical (unpaired) electrons. The van der Waals surface area contributed by atoms with Crippen molar-refractivity contribution in [2.24, 2.45) is 12.0 Å². The molecule has 0 bridgehead atoms. The fraction of sp³-hybridized carbons (Fsp3) is 0.476. The van der Waals surface area contributed by atoms with Gasteiger partial charge in [0.1, 0.15) is 12.4 Å². The number of fused-ring (bicyclic) bond motifs is 1. The number of guanidine groups is 1. The Morgan fingerprint density at radius 3 is 2.73 bits per heavy atom. The Hall–Kier alpha value is -2.14. The zero-order valence-corrected chi connectivity index (χ0v) is 20.5. The van der Waals surface area contributed by atoms with Crippen LogP contribution < -0.4 is 10.6 Å². The number of aromatic nitrogens is 4. The van der Waals surface area contributed by atoms with Gasteiger partial charge in [0.05, 0.1) is 0 Å². The maximum absolute atomic E-state index is 5.13. The second-order valence-corrected chi connectivity index (χ2v) is 7.15. The van der Waals surface area contributed by atoms with Gasteiger partial charge in [-0.3, -0.25) is 0 Å². The number of nitrogens with one attached hydrogen (secondary N) is 3. The number of hydrogen-bond acceptors (Lipinski definition) is 4. The number of nitrogens with zero attached hydrogens (tertiary/aromatic N) is 4. The fourth-order valence-electron chi connectivity index (χ4n) is 3.30. The number of hydrogen-bond donors (Lipinski definition) is 3. The van der Waals surface area contributed by atoms with E-state index in [0.29, 0.717) is 6.54 Å². The smallest absolute Gasteiger partial charge is 0.191 e. The van der Waals surface area contributed by atoms with Gasteiger partial charge in [-0.05, 0) is 43.9 Å². The Bertz CT molecular complexity index is 964. The molecule has 3 rings (SSSR count). The number of benzene rings is 1. The van der Waals surface area contributed by atoms with Crippen molar-refractivity contribution < 1.29 is 4.74 Å². The van der Waals surface area contributed by atoms with E-state index in [1.165, 1.54) is 22.0 Å². The Labute approximate surface area is 194 Å². The first-order chi connectivity index (χ1) is 14.1. The minimum Gasteiger partial charge on any atom is -0.385 e. The Kier molecular flexibility index (Phi) is 9.57. The molecule has 2 heterocycles. The highest BCUT2D eigenvalue weighted by Gasteiger charge is 2.08. The van der Waals surface area contributed by atoms with Crippen LogP contribution in [-0.4, -0.2) is 52.5 Å². The highest BCUT2D eigenvalue weighted by atomic mass is 127. The van der Waals surface area contributed by atoms with E-state index in [4.69, 9.17) is 4.74 Å². The van der Waals surface area contributed by atoms with Gasteiger partial charge in [0.25, 0.3) is 0 Å². The van der Waals surface area contributed by atoms with Gasteiger partial charge in [-0.25, -0.2) is 4.99 Å². The molecule has 0 amide bonds. The normalized spacial score (nSPS) is 11.5. The van der Waals surface area contributed by atoms with Crippen LogP contribution >= 0.6 is 24.0 Å². The van der Waals surface area contributed by atoms with Crippen molar-refractivity contribution in [3.05, 3.63) is 47.2 Å². The van der Waals surface area contributed by atoms with Crippen LogP contribution in [0.5, 0.6) is 0 Å². The number of aryl methyl sites for hydroxylation is 2. The van der Waals surface area contributed by atoms with E-state index in [1.54, 1.807) is 7.11 Å². The van der Waals surface area contributed by atoms with E-state index in [0.717, 1.165) is 50.1 Å². The summed E-state index contributed by atoms with van der Waals surface area (Å²) in [6.07, 6.45) is 3.93. The van der Waals surface area contributed by atoms with Gasteiger partial charge in [0, 0.05) is 51.0 Å². The van der Waals surface area contributed by atoms with Crippen LogP contribution in [0.2, 0.25) is 0 Å². The first kappa shape index (κ1) is 24.1. The number of methoxy groups -OCH3 is 1. The Morgan fingerprint density at radius 2 is 2.00 bits per heavy atom. The standard InChI is InChI=1S/C21H31N7O.HI/c1-15-7-5-8-18-20(15)17(13-24-18)9-11-23-21(22-10-6-12-29-4)25-14-19-27-26-16(2)28(19)3;/h5,7-8,13,24H,6,9-12,14H2,1-4H3,(H2,22,23,25);1H. The number of ether oxygens (including phenoxy) is 1. The lowest BCUT2D eigenvalue weighted by Gasteiger charge is -2.12. The molecule has 0 aliphatic heterocycles. The molecule has 0 aliphatic rings. The molecule has 0 fully saturated rings. The molecule has 0 aliphatic carbocycles. The van der Waals surface area contributed by atoms with E-state index in [2.05, 4.69) is 62.1 Å². The summed E-state index contributed by atoms with van der Waals surface area (Å²) in [4.78, 5) is 8.05. The number of aromatic amines is 1. The predicted octanol–water partition coefficient (Wildman–Crippen LogP) is 2.85. The van der Waals surface area contributed by atoms with Crippen LogP contribution in [0.4, 0.5) is 0 Å². The van der Waals surface area contributed by atoms with Gasteiger partial charge in [0.2, 0.25) is 0 Å². The second-order valence-electron chi connectivity index (χ2n) is 7.15. The van der Waals surface area contributed by atoms with Gasteiger partial charge >= 0.3 is 0 Å². The van der Waals surface area contributed by atoms with Crippen LogP contribution in [0.3, 0.4) is 0 Å². The number of halogens is 1. The molecular weight excluding hydrogens is 493 g/mol. The van der Waals surface area contributed by atoms with E-state index >= 15 is 0 Å². The summed E-state index contributed by atoms with van der Waals surface area (Å²) in [6.45, 7) is 6.87. The number of H-pyrrole nitrogens is 1. The summed E-state index contributed by atoms with van der Waals surface area (Å²) < 4.78 is 7.09. The van der Waals surface area contributed by atoms with Crippen molar-refractivity contribution in [1.29, 1.82) is 0 Å². The molecule has 0 spiro atoms. The third-order valence-corrected chi connectivity index (χ3v) is 5.06. The van der Waals surface area contributed by atoms with E-state index in [1.807, 2.05) is 18.5 Å². The first-order valence-corrected chi connectivity index (χ1v) is 10.0. The third-order valence-electron chi connectivity index (χ3n) is 5.06. The van der Waals surface area contributed by atoms with Crippen LogP contribution in [0.15, 0.2) is 29.4 Å². The Morgan fingerprint density at radius 1 is 1.20 bits per heavy atom.